The predicted molar refractivity (Wildman–Crippen MR) is 67.8 cm³/mol. The Labute approximate surface area is 105 Å². The highest BCUT2D eigenvalue weighted by atomic mass is 79.9. The number of hydrogen-bond acceptors (Lipinski definition) is 2. The first-order chi connectivity index (χ1) is 7.69. The first-order valence-electron chi connectivity index (χ1n) is 5.52. The molecule has 4 nitrogen and oxygen atoms in total. The van der Waals surface area contributed by atoms with Crippen molar-refractivity contribution < 1.29 is 4.79 Å². The summed E-state index contributed by atoms with van der Waals surface area (Å²) in [5, 5.41) is 0.801. The molecule has 0 radical (unpaired) electrons. The zero-order chi connectivity index (χ0) is 12.0. The van der Waals surface area contributed by atoms with Gasteiger partial charge < -0.3 is 9.47 Å². The molecule has 0 saturated heterocycles. The van der Waals surface area contributed by atoms with E-state index in [0.29, 0.717) is 5.69 Å². The molecule has 0 N–H and O–H groups in total. The number of carbonyl (C=O) groups excluding carboxylic acids is 1. The molecule has 0 atom stereocenters. The summed E-state index contributed by atoms with van der Waals surface area (Å²) in [4.78, 5) is 18.0. The second-order valence-electron chi connectivity index (χ2n) is 3.76. The molecule has 0 aliphatic heterocycles. The molecule has 0 spiro atoms. The third-order valence-corrected chi connectivity index (χ3v) is 2.70. The zero-order valence-corrected chi connectivity index (χ0v) is 11.4. The van der Waals surface area contributed by atoms with Gasteiger partial charge in [0, 0.05) is 31.7 Å². The van der Waals surface area contributed by atoms with E-state index in [-0.39, 0.29) is 5.91 Å². The number of aromatic nitrogens is 2. The van der Waals surface area contributed by atoms with E-state index in [2.05, 4.69) is 27.8 Å². The second kappa shape index (κ2) is 6.68. The lowest BCUT2D eigenvalue weighted by molar-refractivity contribution is 0.0759. The number of halogens is 1. The molecule has 0 aliphatic carbocycles. The highest BCUT2D eigenvalue weighted by molar-refractivity contribution is 9.09. The van der Waals surface area contributed by atoms with Crippen molar-refractivity contribution in [2.24, 2.45) is 7.05 Å². The largest absolute Gasteiger partial charge is 0.340 e. The maximum atomic E-state index is 12.1. The fraction of sp³-hybridized carbons (Fsp3) is 0.636. The molecule has 0 aromatic carbocycles. The number of nitrogens with zero attached hydrogens (tertiary/aromatic N) is 3. The quantitative estimate of drug-likeness (QED) is 0.751. The lowest BCUT2D eigenvalue weighted by Crippen LogP contribution is -2.33. The number of carbonyl (C=O) groups is 1. The van der Waals surface area contributed by atoms with E-state index in [1.54, 1.807) is 17.1 Å². The van der Waals surface area contributed by atoms with Crippen LogP contribution in [0.4, 0.5) is 0 Å². The van der Waals surface area contributed by atoms with Crippen LogP contribution in [0.5, 0.6) is 0 Å². The Hall–Kier alpha value is -0.840. The van der Waals surface area contributed by atoms with E-state index in [1.165, 1.54) is 0 Å². The number of hydrogen-bond donors (Lipinski definition) is 0. The van der Waals surface area contributed by atoms with Crippen molar-refractivity contribution in [1.29, 1.82) is 0 Å². The molecule has 1 rings (SSSR count). The molecule has 5 heteroatoms. The van der Waals surface area contributed by atoms with Gasteiger partial charge in [0.2, 0.25) is 0 Å². The minimum Gasteiger partial charge on any atom is -0.340 e. The molecule has 1 amide bonds. The van der Waals surface area contributed by atoms with Crippen LogP contribution in [0.3, 0.4) is 0 Å². The predicted octanol–water partition coefficient (Wildman–Crippen LogP) is 2.06. The van der Waals surface area contributed by atoms with Gasteiger partial charge in [-0.1, -0.05) is 29.3 Å². The number of alkyl halides is 1. The molecule has 1 heterocycles. The Morgan fingerprint density at radius 1 is 1.56 bits per heavy atom. The zero-order valence-electron chi connectivity index (χ0n) is 9.82. The lowest BCUT2D eigenvalue weighted by Gasteiger charge is -2.20. The van der Waals surface area contributed by atoms with Gasteiger partial charge in [0.1, 0.15) is 5.69 Å². The summed E-state index contributed by atoms with van der Waals surface area (Å²) < 4.78 is 1.79. The van der Waals surface area contributed by atoms with Crippen LogP contribution in [-0.2, 0) is 7.05 Å². The summed E-state index contributed by atoms with van der Waals surface area (Å²) in [6.07, 6.45) is 5.54. The Kier molecular flexibility index (Phi) is 5.52. The Morgan fingerprint density at radius 3 is 2.81 bits per heavy atom. The van der Waals surface area contributed by atoms with E-state index in [0.717, 1.165) is 31.3 Å². The summed E-state index contributed by atoms with van der Waals surface area (Å²) in [6.45, 7) is 3.66. The molecular weight excluding hydrogens is 270 g/mol. The molecule has 0 aliphatic rings. The lowest BCUT2D eigenvalue weighted by atomic mass is 10.3. The molecular formula is C11H18BrN3O. The van der Waals surface area contributed by atoms with Gasteiger partial charge in [0.05, 0.1) is 6.33 Å². The van der Waals surface area contributed by atoms with Crippen LogP contribution >= 0.6 is 15.9 Å². The average molecular weight is 288 g/mol. The third kappa shape index (κ3) is 3.63. The summed E-state index contributed by atoms with van der Waals surface area (Å²) in [5.41, 5.74) is 0.527. The van der Waals surface area contributed by atoms with Crippen LogP contribution < -0.4 is 0 Å². The van der Waals surface area contributed by atoms with E-state index in [1.807, 2.05) is 11.9 Å². The molecule has 0 fully saturated rings. The molecule has 16 heavy (non-hydrogen) atoms. The van der Waals surface area contributed by atoms with E-state index in [4.69, 9.17) is 0 Å². The summed E-state index contributed by atoms with van der Waals surface area (Å²) >= 11 is 3.37. The Morgan fingerprint density at radius 2 is 2.31 bits per heavy atom. The number of rotatable bonds is 6. The standard InChI is InChI=1S/C11H18BrN3O/c1-3-4-6-15(7-5-12)11(16)10-8-14(2)9-13-10/h8-9H,3-7H2,1-2H3. The minimum absolute atomic E-state index is 0.0218. The van der Waals surface area contributed by atoms with Crippen molar-refractivity contribution in [2.75, 3.05) is 18.4 Å². The van der Waals surface area contributed by atoms with Gasteiger partial charge in [-0.15, -0.1) is 0 Å². The maximum absolute atomic E-state index is 12.1. The second-order valence-corrected chi connectivity index (χ2v) is 4.55. The first kappa shape index (κ1) is 13.2. The average Bonchev–Trinajstić information content (AvgIpc) is 2.70. The first-order valence-corrected chi connectivity index (χ1v) is 6.64. The van der Waals surface area contributed by atoms with Crippen molar-refractivity contribution in [1.82, 2.24) is 14.5 Å². The van der Waals surface area contributed by atoms with Crippen molar-refractivity contribution in [2.45, 2.75) is 19.8 Å². The number of aryl methyl sites for hydroxylation is 1. The van der Waals surface area contributed by atoms with E-state index in [9.17, 15) is 4.79 Å². The third-order valence-electron chi connectivity index (χ3n) is 2.35. The van der Waals surface area contributed by atoms with Crippen molar-refractivity contribution in [3.8, 4) is 0 Å². The fourth-order valence-corrected chi connectivity index (χ4v) is 1.88. The van der Waals surface area contributed by atoms with Gasteiger partial charge in [-0.25, -0.2) is 4.98 Å². The monoisotopic (exact) mass is 287 g/mol. The molecule has 0 bridgehead atoms. The smallest absolute Gasteiger partial charge is 0.274 e. The number of imidazole rings is 1. The van der Waals surface area contributed by atoms with Gasteiger partial charge in [0.25, 0.3) is 5.91 Å². The molecule has 1 aromatic heterocycles. The van der Waals surface area contributed by atoms with Crippen LogP contribution in [0, 0.1) is 0 Å². The van der Waals surface area contributed by atoms with Gasteiger partial charge >= 0.3 is 0 Å². The molecule has 90 valence electrons. The normalized spacial score (nSPS) is 10.4. The summed E-state index contributed by atoms with van der Waals surface area (Å²) in [6, 6.07) is 0. The SMILES string of the molecule is CCCCN(CCBr)C(=O)c1cn(C)cn1. The Balaban J connectivity index is 2.66. The van der Waals surface area contributed by atoms with Crippen LogP contribution in [0.25, 0.3) is 0 Å². The topological polar surface area (TPSA) is 38.1 Å². The number of amides is 1. The van der Waals surface area contributed by atoms with E-state index < -0.39 is 0 Å². The van der Waals surface area contributed by atoms with Crippen LogP contribution in [0.1, 0.15) is 30.3 Å². The van der Waals surface area contributed by atoms with Crippen LogP contribution in [0.2, 0.25) is 0 Å². The molecule has 0 saturated carbocycles. The van der Waals surface area contributed by atoms with Crippen LogP contribution in [-0.4, -0.2) is 38.8 Å². The minimum atomic E-state index is 0.0218. The van der Waals surface area contributed by atoms with Crippen molar-refractivity contribution in [3.05, 3.63) is 18.2 Å². The van der Waals surface area contributed by atoms with Crippen LogP contribution in [0.15, 0.2) is 12.5 Å². The maximum Gasteiger partial charge on any atom is 0.274 e. The van der Waals surface area contributed by atoms with Gasteiger partial charge in [-0.3, -0.25) is 4.79 Å². The summed E-state index contributed by atoms with van der Waals surface area (Å²) in [7, 11) is 1.87. The van der Waals surface area contributed by atoms with Gasteiger partial charge in [-0.05, 0) is 6.42 Å². The van der Waals surface area contributed by atoms with Crippen molar-refractivity contribution >= 4 is 21.8 Å². The highest BCUT2D eigenvalue weighted by Gasteiger charge is 2.16. The molecule has 0 unspecified atom stereocenters. The highest BCUT2D eigenvalue weighted by Crippen LogP contribution is 2.04. The van der Waals surface area contributed by atoms with E-state index >= 15 is 0 Å². The van der Waals surface area contributed by atoms with Gasteiger partial charge in [-0.2, -0.15) is 0 Å². The fourth-order valence-electron chi connectivity index (χ4n) is 1.45. The summed E-state index contributed by atoms with van der Waals surface area (Å²) in [5.74, 6) is 0.0218. The Bertz CT molecular complexity index is 338. The van der Waals surface area contributed by atoms with Crippen molar-refractivity contribution in [3.63, 3.8) is 0 Å². The molecule has 1 aromatic rings. The van der Waals surface area contributed by atoms with Gasteiger partial charge in [0.15, 0.2) is 0 Å². The number of unbranched alkanes of at least 4 members (excludes halogenated alkanes) is 1.